The SMILES string of the molecule is CC(C)C[C@H](N)C(=O)NCCC(C)c1cccc(C(F)(F)F)c1.Cl. The van der Waals surface area contributed by atoms with Crippen LogP contribution in [0.2, 0.25) is 0 Å². The maximum Gasteiger partial charge on any atom is 0.416 e. The lowest BCUT2D eigenvalue weighted by Crippen LogP contribution is -2.41. The van der Waals surface area contributed by atoms with Crippen molar-refractivity contribution >= 4 is 18.3 Å². The van der Waals surface area contributed by atoms with Crippen LogP contribution in [0.5, 0.6) is 0 Å². The zero-order valence-electron chi connectivity index (χ0n) is 14.2. The summed E-state index contributed by atoms with van der Waals surface area (Å²) in [5.41, 5.74) is 5.74. The lowest BCUT2D eigenvalue weighted by atomic mass is 9.96. The molecule has 3 N–H and O–H groups in total. The highest BCUT2D eigenvalue weighted by atomic mass is 35.5. The normalized spacial score (nSPS) is 14.0. The highest BCUT2D eigenvalue weighted by molar-refractivity contribution is 5.85. The first-order chi connectivity index (χ1) is 10.6. The van der Waals surface area contributed by atoms with Gasteiger partial charge in [0.1, 0.15) is 0 Å². The van der Waals surface area contributed by atoms with Gasteiger partial charge in [-0.05, 0) is 36.3 Å². The van der Waals surface area contributed by atoms with Crippen molar-refractivity contribution in [1.29, 1.82) is 0 Å². The van der Waals surface area contributed by atoms with Gasteiger partial charge in [-0.3, -0.25) is 4.79 Å². The summed E-state index contributed by atoms with van der Waals surface area (Å²) in [6.07, 6.45) is -3.18. The molecule has 0 fully saturated rings. The molecule has 1 unspecified atom stereocenters. The zero-order chi connectivity index (χ0) is 17.6. The number of benzene rings is 1. The van der Waals surface area contributed by atoms with E-state index in [1.807, 2.05) is 20.8 Å². The fraction of sp³-hybridized carbons (Fsp3) is 0.588. The molecule has 138 valence electrons. The van der Waals surface area contributed by atoms with Gasteiger partial charge in [0.2, 0.25) is 5.91 Å². The Morgan fingerprint density at radius 2 is 1.88 bits per heavy atom. The summed E-state index contributed by atoms with van der Waals surface area (Å²) in [6.45, 7) is 6.21. The molecule has 1 aromatic carbocycles. The highest BCUT2D eigenvalue weighted by Gasteiger charge is 2.30. The van der Waals surface area contributed by atoms with E-state index in [2.05, 4.69) is 5.32 Å². The Balaban J connectivity index is 0.00000529. The van der Waals surface area contributed by atoms with E-state index in [4.69, 9.17) is 5.73 Å². The average Bonchev–Trinajstić information content (AvgIpc) is 2.45. The number of carbonyl (C=O) groups is 1. The summed E-state index contributed by atoms with van der Waals surface area (Å²) >= 11 is 0. The molecule has 1 rings (SSSR count). The van der Waals surface area contributed by atoms with Crippen LogP contribution < -0.4 is 11.1 Å². The standard InChI is InChI=1S/C17H25F3N2O.ClH/c1-11(2)9-15(21)16(23)22-8-7-12(3)13-5-4-6-14(10-13)17(18,19)20;/h4-6,10-12,15H,7-9,21H2,1-3H3,(H,22,23);1H/t12?,15-;/m0./s1. The van der Waals surface area contributed by atoms with E-state index in [-0.39, 0.29) is 24.2 Å². The molecule has 24 heavy (non-hydrogen) atoms. The van der Waals surface area contributed by atoms with Crippen LogP contribution in [-0.2, 0) is 11.0 Å². The summed E-state index contributed by atoms with van der Waals surface area (Å²) in [7, 11) is 0. The summed E-state index contributed by atoms with van der Waals surface area (Å²) in [6, 6.07) is 4.76. The number of amides is 1. The Hall–Kier alpha value is -1.27. The van der Waals surface area contributed by atoms with E-state index in [0.29, 0.717) is 30.9 Å². The fourth-order valence-corrected chi connectivity index (χ4v) is 2.35. The summed E-state index contributed by atoms with van der Waals surface area (Å²) in [5.74, 6) is 0.0358. The van der Waals surface area contributed by atoms with E-state index >= 15 is 0 Å². The van der Waals surface area contributed by atoms with E-state index in [1.165, 1.54) is 6.07 Å². The van der Waals surface area contributed by atoms with Crippen molar-refractivity contribution in [2.24, 2.45) is 11.7 Å². The number of halogens is 4. The van der Waals surface area contributed by atoms with Crippen LogP contribution in [0.15, 0.2) is 24.3 Å². The van der Waals surface area contributed by atoms with E-state index in [9.17, 15) is 18.0 Å². The minimum absolute atomic E-state index is 0. The van der Waals surface area contributed by atoms with Crippen LogP contribution >= 0.6 is 12.4 Å². The first-order valence-corrected chi connectivity index (χ1v) is 7.81. The van der Waals surface area contributed by atoms with Gasteiger partial charge in [-0.15, -0.1) is 12.4 Å². The predicted molar refractivity (Wildman–Crippen MR) is 92.2 cm³/mol. The van der Waals surface area contributed by atoms with Gasteiger partial charge in [0, 0.05) is 6.54 Å². The molecule has 0 bridgehead atoms. The Bertz CT molecular complexity index is 521. The number of rotatable bonds is 7. The molecule has 0 saturated carbocycles. The second-order valence-electron chi connectivity index (χ2n) is 6.34. The number of alkyl halides is 3. The first-order valence-electron chi connectivity index (χ1n) is 7.81. The van der Waals surface area contributed by atoms with Crippen LogP contribution in [-0.4, -0.2) is 18.5 Å². The Morgan fingerprint density at radius 3 is 2.42 bits per heavy atom. The van der Waals surface area contributed by atoms with E-state index in [1.54, 1.807) is 6.07 Å². The molecule has 1 aromatic rings. The van der Waals surface area contributed by atoms with Gasteiger partial charge in [0.25, 0.3) is 0 Å². The van der Waals surface area contributed by atoms with Gasteiger partial charge in [0.15, 0.2) is 0 Å². The maximum atomic E-state index is 12.7. The monoisotopic (exact) mass is 366 g/mol. The first kappa shape index (κ1) is 22.7. The molecule has 3 nitrogen and oxygen atoms in total. The number of carbonyl (C=O) groups excluding carboxylic acids is 1. The van der Waals surface area contributed by atoms with E-state index in [0.717, 1.165) is 12.1 Å². The average molecular weight is 367 g/mol. The molecule has 2 atom stereocenters. The van der Waals surface area contributed by atoms with Gasteiger partial charge in [-0.1, -0.05) is 39.0 Å². The summed E-state index contributed by atoms with van der Waals surface area (Å²) < 4.78 is 38.1. The molecule has 7 heteroatoms. The van der Waals surface area contributed by atoms with Crippen molar-refractivity contribution in [3.63, 3.8) is 0 Å². The molecule has 0 radical (unpaired) electrons. The Labute approximate surface area is 147 Å². The van der Waals surface area contributed by atoms with Gasteiger partial charge < -0.3 is 11.1 Å². The van der Waals surface area contributed by atoms with Crippen molar-refractivity contribution in [3.05, 3.63) is 35.4 Å². The minimum atomic E-state index is -4.34. The summed E-state index contributed by atoms with van der Waals surface area (Å²) in [4.78, 5) is 11.8. The van der Waals surface area contributed by atoms with Gasteiger partial charge >= 0.3 is 6.18 Å². The molecular weight excluding hydrogens is 341 g/mol. The number of nitrogens with two attached hydrogens (primary N) is 1. The number of nitrogens with one attached hydrogen (secondary N) is 1. The topological polar surface area (TPSA) is 55.1 Å². The Kier molecular flexibility index (Phi) is 9.37. The smallest absolute Gasteiger partial charge is 0.355 e. The number of hydrogen-bond acceptors (Lipinski definition) is 2. The predicted octanol–water partition coefficient (Wildman–Crippen LogP) is 4.11. The molecule has 0 aliphatic heterocycles. The van der Waals surface area contributed by atoms with Gasteiger partial charge in [0.05, 0.1) is 11.6 Å². The summed E-state index contributed by atoms with van der Waals surface area (Å²) in [5, 5.41) is 2.75. The third-order valence-electron chi connectivity index (χ3n) is 3.72. The lowest BCUT2D eigenvalue weighted by Gasteiger charge is -2.17. The molecule has 1 amide bonds. The van der Waals surface area contributed by atoms with Crippen molar-refractivity contribution in [3.8, 4) is 0 Å². The highest BCUT2D eigenvalue weighted by Crippen LogP contribution is 2.31. The Morgan fingerprint density at radius 1 is 1.25 bits per heavy atom. The van der Waals surface area contributed by atoms with Gasteiger partial charge in [-0.2, -0.15) is 13.2 Å². The van der Waals surface area contributed by atoms with Crippen LogP contribution in [0.25, 0.3) is 0 Å². The van der Waals surface area contributed by atoms with Crippen molar-refractivity contribution in [1.82, 2.24) is 5.32 Å². The molecular formula is C17H26ClF3N2O. The third kappa shape index (κ3) is 7.53. The number of hydrogen-bond donors (Lipinski definition) is 2. The molecule has 0 spiro atoms. The van der Waals surface area contributed by atoms with Crippen molar-refractivity contribution in [2.75, 3.05) is 6.54 Å². The molecule has 0 aliphatic rings. The minimum Gasteiger partial charge on any atom is -0.355 e. The van der Waals surface area contributed by atoms with Crippen LogP contribution in [0.3, 0.4) is 0 Å². The van der Waals surface area contributed by atoms with Crippen LogP contribution in [0.4, 0.5) is 13.2 Å². The third-order valence-corrected chi connectivity index (χ3v) is 3.72. The van der Waals surface area contributed by atoms with Crippen molar-refractivity contribution in [2.45, 2.75) is 51.7 Å². The molecule has 0 aliphatic carbocycles. The van der Waals surface area contributed by atoms with Crippen molar-refractivity contribution < 1.29 is 18.0 Å². The maximum absolute atomic E-state index is 12.7. The second kappa shape index (κ2) is 9.89. The zero-order valence-corrected chi connectivity index (χ0v) is 15.0. The largest absolute Gasteiger partial charge is 0.416 e. The van der Waals surface area contributed by atoms with Gasteiger partial charge in [-0.25, -0.2) is 0 Å². The molecule has 0 heterocycles. The molecule has 0 aromatic heterocycles. The van der Waals surface area contributed by atoms with E-state index < -0.39 is 17.8 Å². The lowest BCUT2D eigenvalue weighted by molar-refractivity contribution is -0.137. The fourth-order valence-electron chi connectivity index (χ4n) is 2.35. The second-order valence-corrected chi connectivity index (χ2v) is 6.34. The quantitative estimate of drug-likeness (QED) is 0.763. The molecule has 0 saturated heterocycles. The van der Waals surface area contributed by atoms with Crippen LogP contribution in [0.1, 0.15) is 50.7 Å². The van der Waals surface area contributed by atoms with Crippen LogP contribution in [0, 0.1) is 5.92 Å².